The van der Waals surface area contributed by atoms with Crippen LogP contribution in [0.3, 0.4) is 0 Å². The summed E-state index contributed by atoms with van der Waals surface area (Å²) in [5.74, 6) is 0.711. The lowest BCUT2D eigenvalue weighted by molar-refractivity contribution is -0.133. The fourth-order valence-corrected chi connectivity index (χ4v) is 5.42. The fraction of sp³-hybridized carbons (Fsp3) is 0.400. The molecule has 0 radical (unpaired) electrons. The van der Waals surface area contributed by atoms with Gasteiger partial charge < -0.3 is 24.0 Å². The van der Waals surface area contributed by atoms with Crippen molar-refractivity contribution in [2.24, 2.45) is 0 Å². The van der Waals surface area contributed by atoms with Crippen molar-refractivity contribution in [3.8, 4) is 11.5 Å². The number of methoxy groups -OCH3 is 2. The topological polar surface area (TPSA) is 71.5 Å². The van der Waals surface area contributed by atoms with E-state index in [-0.39, 0.29) is 18.4 Å². The number of hydrogen-bond acceptors (Lipinski definition) is 7. The van der Waals surface area contributed by atoms with Gasteiger partial charge >= 0.3 is 0 Å². The van der Waals surface area contributed by atoms with Crippen LogP contribution in [0.1, 0.15) is 25.7 Å². The van der Waals surface area contributed by atoms with Gasteiger partial charge in [0.15, 0.2) is 0 Å². The van der Waals surface area contributed by atoms with Gasteiger partial charge in [-0.1, -0.05) is 30.3 Å². The Morgan fingerprint density at radius 1 is 0.923 bits per heavy atom. The third kappa shape index (κ3) is 8.29. The Kier molecular flexibility index (Phi) is 10.4. The van der Waals surface area contributed by atoms with E-state index in [0.717, 1.165) is 23.5 Å². The van der Waals surface area contributed by atoms with E-state index in [0.29, 0.717) is 56.5 Å². The summed E-state index contributed by atoms with van der Waals surface area (Å²) in [5, 5.41) is 0. The highest BCUT2D eigenvalue weighted by atomic mass is 32.1. The number of amides is 2. The summed E-state index contributed by atoms with van der Waals surface area (Å²) in [4.78, 5) is 35.7. The van der Waals surface area contributed by atoms with Crippen molar-refractivity contribution in [2.75, 3.05) is 60.2 Å². The molecule has 1 saturated heterocycles. The van der Waals surface area contributed by atoms with Crippen molar-refractivity contribution < 1.29 is 23.8 Å². The Morgan fingerprint density at radius 2 is 1.62 bits per heavy atom. The molecule has 3 aromatic rings. The molecule has 2 amide bonds. The zero-order valence-electron chi connectivity index (χ0n) is 22.9. The van der Waals surface area contributed by atoms with Crippen LogP contribution in [0.2, 0.25) is 0 Å². The molecule has 1 aliphatic heterocycles. The maximum Gasteiger partial charge on any atom is 0.254 e. The number of morpholine rings is 1. The van der Waals surface area contributed by atoms with Gasteiger partial charge in [-0.15, -0.1) is 11.3 Å². The molecule has 0 aliphatic carbocycles. The van der Waals surface area contributed by atoms with E-state index in [4.69, 9.17) is 14.2 Å². The van der Waals surface area contributed by atoms with Crippen molar-refractivity contribution >= 4 is 23.2 Å². The van der Waals surface area contributed by atoms with Crippen LogP contribution in [-0.4, -0.2) is 86.7 Å². The first kappa shape index (κ1) is 28.6. The van der Waals surface area contributed by atoms with Crippen LogP contribution in [0, 0.1) is 6.92 Å². The van der Waals surface area contributed by atoms with E-state index in [1.807, 2.05) is 35.2 Å². The molecule has 2 heterocycles. The van der Waals surface area contributed by atoms with Crippen LogP contribution in [0.15, 0.2) is 60.7 Å². The Labute approximate surface area is 234 Å². The number of ether oxygens (including phenoxy) is 3. The van der Waals surface area contributed by atoms with Gasteiger partial charge in [0.05, 0.1) is 34.0 Å². The number of nitrogens with zero attached hydrogens (tertiary/aromatic N) is 3. The van der Waals surface area contributed by atoms with E-state index in [1.54, 1.807) is 48.7 Å². The average Bonchev–Trinajstić information content (AvgIpc) is 3.39. The molecule has 1 fully saturated rings. The lowest BCUT2D eigenvalue weighted by Crippen LogP contribution is -2.47. The smallest absolute Gasteiger partial charge is 0.254 e. The lowest BCUT2D eigenvalue weighted by atomic mass is 10.1. The normalized spacial score (nSPS) is 13.6. The molecular formula is C30H37N3O5S. The van der Waals surface area contributed by atoms with E-state index < -0.39 is 0 Å². The Morgan fingerprint density at radius 3 is 2.23 bits per heavy atom. The second-order valence-electron chi connectivity index (χ2n) is 9.53. The van der Waals surface area contributed by atoms with Gasteiger partial charge in [0, 0.05) is 54.1 Å². The van der Waals surface area contributed by atoms with Crippen LogP contribution in [-0.2, 0) is 22.6 Å². The van der Waals surface area contributed by atoms with Crippen LogP contribution < -0.4 is 9.47 Å². The minimum Gasteiger partial charge on any atom is -0.497 e. The maximum absolute atomic E-state index is 13.9. The van der Waals surface area contributed by atoms with Crippen molar-refractivity contribution in [3.05, 3.63) is 81.5 Å². The molecule has 2 aromatic carbocycles. The van der Waals surface area contributed by atoms with Gasteiger partial charge in [-0.3, -0.25) is 14.5 Å². The Hall–Kier alpha value is -3.40. The number of benzene rings is 2. The van der Waals surface area contributed by atoms with Gasteiger partial charge in [-0.05, 0) is 36.8 Å². The van der Waals surface area contributed by atoms with Gasteiger partial charge in [-0.25, -0.2) is 0 Å². The molecule has 0 unspecified atom stereocenters. The number of carbonyl (C=O) groups excluding carboxylic acids is 2. The van der Waals surface area contributed by atoms with Crippen LogP contribution in [0.25, 0.3) is 0 Å². The molecule has 0 N–H and O–H groups in total. The predicted molar refractivity (Wildman–Crippen MR) is 152 cm³/mol. The molecule has 1 aliphatic rings. The molecule has 39 heavy (non-hydrogen) atoms. The van der Waals surface area contributed by atoms with Gasteiger partial charge in [0.2, 0.25) is 5.91 Å². The van der Waals surface area contributed by atoms with Gasteiger partial charge in [-0.2, -0.15) is 0 Å². The second-order valence-corrected chi connectivity index (χ2v) is 10.9. The number of rotatable bonds is 12. The predicted octanol–water partition coefficient (Wildman–Crippen LogP) is 4.08. The molecule has 0 spiro atoms. The first-order valence-corrected chi connectivity index (χ1v) is 14.0. The van der Waals surface area contributed by atoms with Gasteiger partial charge in [0.1, 0.15) is 18.0 Å². The fourth-order valence-electron chi connectivity index (χ4n) is 4.51. The highest BCUT2D eigenvalue weighted by molar-refractivity contribution is 7.11. The van der Waals surface area contributed by atoms with E-state index in [9.17, 15) is 9.59 Å². The molecule has 0 saturated carbocycles. The minimum atomic E-state index is -0.236. The largest absolute Gasteiger partial charge is 0.497 e. The summed E-state index contributed by atoms with van der Waals surface area (Å²) < 4.78 is 16.3. The zero-order valence-corrected chi connectivity index (χ0v) is 23.7. The summed E-state index contributed by atoms with van der Waals surface area (Å²) in [6.07, 6.45) is 0. The van der Waals surface area contributed by atoms with Crippen LogP contribution in [0.5, 0.6) is 11.5 Å². The summed E-state index contributed by atoms with van der Waals surface area (Å²) in [7, 11) is 3.10. The van der Waals surface area contributed by atoms with Crippen molar-refractivity contribution in [2.45, 2.75) is 20.0 Å². The standard InChI is InChI=1S/C30H37N3O5S/c1-23-9-10-28(39-23)21-33(20-24-7-5-4-6-8-24)29(34)22-32(12-11-31-13-15-38-16-14-31)30(35)25-17-26(36-2)19-27(18-25)37-3/h4-10,17-19H,11-16,20-22H2,1-3H3. The second kappa shape index (κ2) is 14.1. The van der Waals surface area contributed by atoms with Gasteiger partial charge in [0.25, 0.3) is 5.91 Å². The Bertz CT molecular complexity index is 1200. The summed E-state index contributed by atoms with van der Waals surface area (Å²) in [5.41, 5.74) is 1.47. The highest BCUT2D eigenvalue weighted by Gasteiger charge is 2.25. The molecule has 8 nitrogen and oxygen atoms in total. The van der Waals surface area contributed by atoms with E-state index in [2.05, 4.69) is 24.0 Å². The minimum absolute atomic E-state index is 0.0279. The quantitative estimate of drug-likeness (QED) is 0.338. The van der Waals surface area contributed by atoms with E-state index in [1.165, 1.54) is 4.88 Å². The van der Waals surface area contributed by atoms with Crippen LogP contribution >= 0.6 is 11.3 Å². The molecule has 208 valence electrons. The molecule has 0 atom stereocenters. The first-order chi connectivity index (χ1) is 18.9. The number of carbonyl (C=O) groups is 2. The Balaban J connectivity index is 1.57. The molecule has 4 rings (SSSR count). The van der Waals surface area contributed by atoms with Crippen molar-refractivity contribution in [1.29, 1.82) is 0 Å². The third-order valence-electron chi connectivity index (χ3n) is 6.71. The SMILES string of the molecule is COc1cc(OC)cc(C(=O)N(CCN2CCOCC2)CC(=O)N(Cc2ccccc2)Cc2ccc(C)s2)c1. The number of aryl methyl sites for hydroxylation is 1. The maximum atomic E-state index is 13.9. The van der Waals surface area contributed by atoms with Crippen LogP contribution in [0.4, 0.5) is 0 Å². The highest BCUT2D eigenvalue weighted by Crippen LogP contribution is 2.24. The lowest BCUT2D eigenvalue weighted by Gasteiger charge is -2.31. The number of hydrogen-bond donors (Lipinski definition) is 0. The van der Waals surface area contributed by atoms with E-state index >= 15 is 0 Å². The zero-order chi connectivity index (χ0) is 27.6. The summed E-state index contributed by atoms with van der Waals surface area (Å²) >= 11 is 1.68. The first-order valence-electron chi connectivity index (χ1n) is 13.1. The molecular weight excluding hydrogens is 514 g/mol. The molecule has 1 aromatic heterocycles. The molecule has 0 bridgehead atoms. The third-order valence-corrected chi connectivity index (χ3v) is 7.70. The van der Waals surface area contributed by atoms with Crippen molar-refractivity contribution in [1.82, 2.24) is 14.7 Å². The number of thiophene rings is 1. The van der Waals surface area contributed by atoms with Crippen molar-refractivity contribution in [3.63, 3.8) is 0 Å². The summed E-state index contributed by atoms with van der Waals surface area (Å²) in [6.45, 7) is 7.02. The monoisotopic (exact) mass is 551 g/mol. The average molecular weight is 552 g/mol. The summed E-state index contributed by atoms with van der Waals surface area (Å²) in [6, 6.07) is 19.2. The molecule has 9 heteroatoms.